The van der Waals surface area contributed by atoms with Crippen LogP contribution in [0.1, 0.15) is 17.3 Å². The molecular weight excluding hydrogens is 294 g/mol. The SMILES string of the molecule is CC1(O)CN(S(=O)(=O)c2ccc(Cl)c(C(=O)O)c2)C1. The number of halogens is 1. The highest BCUT2D eigenvalue weighted by Gasteiger charge is 2.44. The zero-order valence-corrected chi connectivity index (χ0v) is 11.6. The molecule has 0 bridgehead atoms. The molecule has 104 valence electrons. The number of hydrogen-bond donors (Lipinski definition) is 2. The summed E-state index contributed by atoms with van der Waals surface area (Å²) in [7, 11) is -3.79. The Labute approximate surface area is 115 Å². The van der Waals surface area contributed by atoms with Crippen LogP contribution in [0.3, 0.4) is 0 Å². The molecule has 0 aromatic heterocycles. The number of carboxylic acids is 1. The van der Waals surface area contributed by atoms with Crippen LogP contribution >= 0.6 is 11.6 Å². The summed E-state index contributed by atoms with van der Waals surface area (Å²) in [6, 6.07) is 3.50. The minimum atomic E-state index is -3.79. The molecule has 0 atom stereocenters. The molecule has 0 radical (unpaired) electrons. The van der Waals surface area contributed by atoms with Gasteiger partial charge in [0.15, 0.2) is 0 Å². The van der Waals surface area contributed by atoms with Crippen molar-refractivity contribution in [3.8, 4) is 0 Å². The molecule has 8 heteroatoms. The lowest BCUT2D eigenvalue weighted by Gasteiger charge is -2.42. The van der Waals surface area contributed by atoms with Crippen LogP contribution in [0.25, 0.3) is 0 Å². The highest BCUT2D eigenvalue weighted by atomic mass is 35.5. The van der Waals surface area contributed by atoms with Crippen molar-refractivity contribution in [3.05, 3.63) is 28.8 Å². The fourth-order valence-electron chi connectivity index (χ4n) is 1.86. The molecule has 1 saturated heterocycles. The first-order chi connectivity index (χ1) is 8.63. The first-order valence-corrected chi connectivity index (χ1v) is 7.21. The average molecular weight is 306 g/mol. The van der Waals surface area contributed by atoms with E-state index in [9.17, 15) is 18.3 Å². The Hall–Kier alpha value is -1.15. The number of carboxylic acid groups (broad SMARTS) is 1. The van der Waals surface area contributed by atoms with E-state index in [4.69, 9.17) is 16.7 Å². The van der Waals surface area contributed by atoms with Crippen molar-refractivity contribution in [2.45, 2.75) is 17.4 Å². The van der Waals surface area contributed by atoms with Crippen LogP contribution in [0.4, 0.5) is 0 Å². The topological polar surface area (TPSA) is 94.9 Å². The van der Waals surface area contributed by atoms with Crippen LogP contribution < -0.4 is 0 Å². The fourth-order valence-corrected chi connectivity index (χ4v) is 3.76. The molecule has 1 aromatic carbocycles. The van der Waals surface area contributed by atoms with Crippen LogP contribution in [0, 0.1) is 0 Å². The summed E-state index contributed by atoms with van der Waals surface area (Å²) in [6.45, 7) is 1.50. The maximum Gasteiger partial charge on any atom is 0.337 e. The van der Waals surface area contributed by atoms with Gasteiger partial charge in [0.05, 0.1) is 21.1 Å². The Bertz CT molecular complexity index is 632. The number of sulfonamides is 1. The average Bonchev–Trinajstić information content (AvgIpc) is 2.25. The van der Waals surface area contributed by atoms with Crippen molar-refractivity contribution in [2.75, 3.05) is 13.1 Å². The van der Waals surface area contributed by atoms with Gasteiger partial charge in [-0.1, -0.05) is 11.6 Å². The van der Waals surface area contributed by atoms with Gasteiger partial charge >= 0.3 is 5.97 Å². The Kier molecular flexibility index (Phi) is 3.34. The Balaban J connectivity index is 2.37. The molecule has 0 saturated carbocycles. The zero-order chi connectivity index (χ0) is 14.4. The van der Waals surface area contributed by atoms with Crippen molar-refractivity contribution in [3.63, 3.8) is 0 Å². The summed E-state index contributed by atoms with van der Waals surface area (Å²) < 4.78 is 25.4. The number of carbonyl (C=O) groups is 1. The Morgan fingerprint density at radius 3 is 2.47 bits per heavy atom. The number of benzene rings is 1. The van der Waals surface area contributed by atoms with E-state index in [0.29, 0.717) is 0 Å². The third-order valence-corrected chi connectivity index (χ3v) is 4.96. The first-order valence-electron chi connectivity index (χ1n) is 5.39. The molecular formula is C11H12ClNO5S. The van der Waals surface area contributed by atoms with E-state index in [0.717, 1.165) is 10.4 Å². The predicted octanol–water partition coefficient (Wildman–Crippen LogP) is 0.793. The van der Waals surface area contributed by atoms with Gasteiger partial charge in [0.25, 0.3) is 0 Å². The standard InChI is InChI=1S/C11H12ClNO5S/c1-11(16)5-13(6-11)19(17,18)7-2-3-9(12)8(4-7)10(14)15/h2-4,16H,5-6H2,1H3,(H,14,15). The molecule has 1 aliphatic heterocycles. The highest BCUT2D eigenvalue weighted by molar-refractivity contribution is 7.89. The molecule has 1 aromatic rings. The summed E-state index contributed by atoms with van der Waals surface area (Å²) in [6.07, 6.45) is 0. The molecule has 0 aliphatic carbocycles. The molecule has 0 spiro atoms. The van der Waals surface area contributed by atoms with Gasteiger partial charge in [0.1, 0.15) is 0 Å². The largest absolute Gasteiger partial charge is 0.478 e. The molecule has 6 nitrogen and oxygen atoms in total. The Morgan fingerprint density at radius 2 is 2.00 bits per heavy atom. The van der Waals surface area contributed by atoms with Crippen molar-refractivity contribution in [1.82, 2.24) is 4.31 Å². The van der Waals surface area contributed by atoms with Crippen molar-refractivity contribution in [1.29, 1.82) is 0 Å². The van der Waals surface area contributed by atoms with Crippen molar-refractivity contribution < 1.29 is 23.4 Å². The number of β-amino-alcohol motifs (C(OH)–C–C–N with tert-alkyl or cyclic N) is 1. The van der Waals surface area contributed by atoms with E-state index < -0.39 is 21.6 Å². The third-order valence-electron chi connectivity index (χ3n) is 2.84. The second-order valence-electron chi connectivity index (χ2n) is 4.72. The maximum absolute atomic E-state index is 12.2. The van der Waals surface area contributed by atoms with Gasteiger partial charge in [-0.05, 0) is 25.1 Å². The predicted molar refractivity (Wildman–Crippen MR) is 67.8 cm³/mol. The zero-order valence-electron chi connectivity index (χ0n) is 10.00. The van der Waals surface area contributed by atoms with Gasteiger partial charge in [0, 0.05) is 13.1 Å². The van der Waals surface area contributed by atoms with E-state index >= 15 is 0 Å². The molecule has 0 amide bonds. The summed E-state index contributed by atoms with van der Waals surface area (Å²) in [5.41, 5.74) is -1.30. The van der Waals surface area contributed by atoms with E-state index in [1.54, 1.807) is 0 Å². The second-order valence-corrected chi connectivity index (χ2v) is 7.06. The van der Waals surface area contributed by atoms with Gasteiger partial charge in [-0.25, -0.2) is 13.2 Å². The monoisotopic (exact) mass is 305 g/mol. The summed E-state index contributed by atoms with van der Waals surface area (Å²) in [4.78, 5) is 10.8. The number of rotatable bonds is 3. The van der Waals surface area contributed by atoms with Gasteiger partial charge in [-0.2, -0.15) is 4.31 Å². The molecule has 0 unspecified atom stereocenters. The first kappa shape index (κ1) is 14.3. The van der Waals surface area contributed by atoms with Crippen molar-refractivity contribution >= 4 is 27.6 Å². The molecule has 2 rings (SSSR count). The van der Waals surface area contributed by atoms with Crippen LogP contribution in [0.5, 0.6) is 0 Å². The molecule has 1 heterocycles. The number of aromatic carboxylic acids is 1. The van der Waals surface area contributed by atoms with E-state index in [-0.39, 0.29) is 28.6 Å². The number of aliphatic hydroxyl groups is 1. The smallest absolute Gasteiger partial charge is 0.337 e. The van der Waals surface area contributed by atoms with E-state index in [2.05, 4.69) is 0 Å². The van der Waals surface area contributed by atoms with Gasteiger partial charge in [-0.15, -0.1) is 0 Å². The second kappa shape index (κ2) is 4.45. The molecule has 1 fully saturated rings. The van der Waals surface area contributed by atoms with Crippen LogP contribution in [0.2, 0.25) is 5.02 Å². The van der Waals surface area contributed by atoms with Gasteiger partial charge < -0.3 is 10.2 Å². The Morgan fingerprint density at radius 1 is 1.42 bits per heavy atom. The summed E-state index contributed by atoms with van der Waals surface area (Å²) >= 11 is 5.68. The van der Waals surface area contributed by atoms with Crippen molar-refractivity contribution in [2.24, 2.45) is 0 Å². The number of nitrogens with zero attached hydrogens (tertiary/aromatic N) is 1. The quantitative estimate of drug-likeness (QED) is 0.861. The van der Waals surface area contributed by atoms with Crippen LogP contribution in [-0.2, 0) is 10.0 Å². The fraction of sp³-hybridized carbons (Fsp3) is 0.364. The third kappa shape index (κ3) is 2.59. The lowest BCUT2D eigenvalue weighted by atomic mass is 10.0. The van der Waals surface area contributed by atoms with Crippen LogP contribution in [-0.4, -0.2) is 47.6 Å². The lowest BCUT2D eigenvalue weighted by molar-refractivity contribution is -0.0426. The van der Waals surface area contributed by atoms with Gasteiger partial charge in [-0.3, -0.25) is 0 Å². The summed E-state index contributed by atoms with van der Waals surface area (Å²) in [5.74, 6) is -1.29. The number of hydrogen-bond acceptors (Lipinski definition) is 4. The van der Waals surface area contributed by atoms with Crippen LogP contribution in [0.15, 0.2) is 23.1 Å². The van der Waals surface area contributed by atoms with E-state index in [1.165, 1.54) is 19.1 Å². The highest BCUT2D eigenvalue weighted by Crippen LogP contribution is 2.29. The minimum Gasteiger partial charge on any atom is -0.478 e. The normalized spacial score (nSPS) is 18.9. The lowest BCUT2D eigenvalue weighted by Crippen LogP contribution is -2.61. The molecule has 1 aliphatic rings. The maximum atomic E-state index is 12.2. The molecule has 2 N–H and O–H groups in total. The van der Waals surface area contributed by atoms with Gasteiger partial charge in [0.2, 0.25) is 10.0 Å². The molecule has 19 heavy (non-hydrogen) atoms. The summed E-state index contributed by atoms with van der Waals surface area (Å²) in [5, 5.41) is 18.4. The minimum absolute atomic E-state index is 0.0135. The van der Waals surface area contributed by atoms with E-state index in [1.807, 2.05) is 0 Å².